The van der Waals surface area contributed by atoms with Crippen molar-refractivity contribution in [2.24, 2.45) is 0 Å². The van der Waals surface area contributed by atoms with Crippen LogP contribution in [0.2, 0.25) is 0 Å². The maximum absolute atomic E-state index is 12.5. The molecule has 0 spiro atoms. The number of carbonyl (C=O) groups excluding carboxylic acids is 2. The summed E-state index contributed by atoms with van der Waals surface area (Å²) in [6, 6.07) is 9.08. The molecule has 0 radical (unpaired) electrons. The van der Waals surface area contributed by atoms with E-state index in [1.54, 1.807) is 0 Å². The fourth-order valence-electron chi connectivity index (χ4n) is 2.41. The van der Waals surface area contributed by atoms with E-state index in [9.17, 15) is 18.0 Å². The third-order valence-electron chi connectivity index (χ3n) is 3.64. The van der Waals surface area contributed by atoms with Crippen LogP contribution in [0.25, 0.3) is 10.2 Å². The van der Waals surface area contributed by atoms with Crippen molar-refractivity contribution in [1.29, 1.82) is 0 Å². The van der Waals surface area contributed by atoms with E-state index in [1.165, 1.54) is 35.6 Å². The average Bonchev–Trinajstić information content (AvgIpc) is 2.90. The Morgan fingerprint density at radius 2 is 1.78 bits per heavy atom. The number of nitrogen functional groups attached to an aromatic ring is 1. The van der Waals surface area contributed by atoms with Crippen LogP contribution in [-0.2, 0) is 14.8 Å². The lowest BCUT2D eigenvalue weighted by molar-refractivity contribution is -0.117. The molecule has 0 bridgehead atoms. The molecule has 0 aliphatic rings. The quantitative estimate of drug-likeness (QED) is 0.611. The number of aryl methyl sites for hydroxylation is 1. The first kappa shape index (κ1) is 18.8. The van der Waals surface area contributed by atoms with Gasteiger partial charge in [0.05, 0.1) is 10.6 Å². The number of hydrogen-bond acceptors (Lipinski definition) is 7. The highest BCUT2D eigenvalue weighted by Crippen LogP contribution is 2.33. The number of nitrogens with zero attached hydrogens (tertiary/aromatic N) is 1. The highest BCUT2D eigenvalue weighted by atomic mass is 32.2. The highest BCUT2D eigenvalue weighted by molar-refractivity contribution is 7.90. The Bertz CT molecular complexity index is 1150. The van der Waals surface area contributed by atoms with Crippen molar-refractivity contribution in [1.82, 2.24) is 9.71 Å². The summed E-state index contributed by atoms with van der Waals surface area (Å²) < 4.78 is 25.7. The Hall–Kier alpha value is -2.98. The minimum absolute atomic E-state index is 0.0863. The molecule has 8 nitrogen and oxygen atoms in total. The van der Waals surface area contributed by atoms with Crippen LogP contribution < -0.4 is 15.8 Å². The van der Waals surface area contributed by atoms with Gasteiger partial charge in [0.25, 0.3) is 15.9 Å². The maximum atomic E-state index is 12.5. The molecule has 0 atom stereocenters. The lowest BCUT2D eigenvalue weighted by atomic mass is 10.2. The summed E-state index contributed by atoms with van der Waals surface area (Å²) in [4.78, 5) is 28.8. The Kier molecular flexibility index (Phi) is 4.85. The van der Waals surface area contributed by atoms with Crippen LogP contribution in [0.5, 0.6) is 0 Å². The number of anilines is 2. The van der Waals surface area contributed by atoms with Crippen LogP contribution >= 0.6 is 11.3 Å². The van der Waals surface area contributed by atoms with Gasteiger partial charge in [-0.15, -0.1) is 11.3 Å². The summed E-state index contributed by atoms with van der Waals surface area (Å²) in [5, 5.41) is 3.39. The van der Waals surface area contributed by atoms with Gasteiger partial charge in [0.1, 0.15) is 9.71 Å². The fraction of sp³-hybridized carbons (Fsp3) is 0.118. The molecule has 140 valence electrons. The third-order valence-corrected chi connectivity index (χ3v) is 6.20. The van der Waals surface area contributed by atoms with Gasteiger partial charge in [-0.05, 0) is 43.3 Å². The Morgan fingerprint density at radius 1 is 1.11 bits per heavy atom. The van der Waals surface area contributed by atoms with Crippen LogP contribution in [-0.4, -0.2) is 25.2 Å². The summed E-state index contributed by atoms with van der Waals surface area (Å²) in [6.45, 7) is 2.96. The standard InChI is InChI=1S/C17H16N4O4S2/c1-9-3-8-13-14(18)15(26-17(13)19-9)16(23)20-11-4-6-12(7-5-11)27(24,25)21-10(2)22/h3-8H,18H2,1-2H3,(H,20,23)(H,21,22). The van der Waals surface area contributed by atoms with E-state index in [2.05, 4.69) is 10.3 Å². The molecule has 0 unspecified atom stereocenters. The molecular formula is C17H16N4O4S2. The molecular weight excluding hydrogens is 388 g/mol. The number of carbonyl (C=O) groups is 2. The van der Waals surface area contributed by atoms with E-state index in [4.69, 9.17) is 5.73 Å². The largest absolute Gasteiger partial charge is 0.397 e. The molecule has 27 heavy (non-hydrogen) atoms. The van der Waals surface area contributed by atoms with Crippen LogP contribution in [0, 0.1) is 6.92 Å². The van der Waals surface area contributed by atoms with Crippen LogP contribution in [0.1, 0.15) is 22.3 Å². The Labute approximate surface area is 159 Å². The van der Waals surface area contributed by atoms with E-state index in [0.717, 1.165) is 12.6 Å². The van der Waals surface area contributed by atoms with Gasteiger partial charge < -0.3 is 11.1 Å². The fourth-order valence-corrected chi connectivity index (χ4v) is 4.44. The van der Waals surface area contributed by atoms with Crippen LogP contribution in [0.4, 0.5) is 11.4 Å². The maximum Gasteiger partial charge on any atom is 0.267 e. The second-order valence-electron chi connectivity index (χ2n) is 5.79. The molecule has 0 saturated heterocycles. The van der Waals surface area contributed by atoms with E-state index < -0.39 is 21.8 Å². The number of nitrogens with one attached hydrogen (secondary N) is 2. The van der Waals surface area contributed by atoms with E-state index >= 15 is 0 Å². The van der Waals surface area contributed by atoms with Gasteiger partial charge in [-0.3, -0.25) is 9.59 Å². The molecule has 2 aromatic heterocycles. The number of hydrogen-bond donors (Lipinski definition) is 3. The van der Waals surface area contributed by atoms with Crippen molar-refractivity contribution >= 4 is 54.8 Å². The number of thiophene rings is 1. The lowest BCUT2D eigenvalue weighted by Gasteiger charge is -2.07. The van der Waals surface area contributed by atoms with Gasteiger partial charge in [-0.2, -0.15) is 0 Å². The monoisotopic (exact) mass is 404 g/mol. The van der Waals surface area contributed by atoms with Crippen molar-refractivity contribution in [2.45, 2.75) is 18.7 Å². The Balaban J connectivity index is 1.83. The number of rotatable bonds is 4. The lowest BCUT2D eigenvalue weighted by Crippen LogP contribution is -2.28. The van der Waals surface area contributed by atoms with Crippen LogP contribution in [0.15, 0.2) is 41.3 Å². The minimum atomic E-state index is -3.92. The topological polar surface area (TPSA) is 131 Å². The number of fused-ring (bicyclic) bond motifs is 1. The first-order chi connectivity index (χ1) is 12.7. The van der Waals surface area contributed by atoms with Crippen LogP contribution in [0.3, 0.4) is 0 Å². The van der Waals surface area contributed by atoms with Gasteiger partial charge in [0, 0.05) is 23.7 Å². The number of sulfonamides is 1. The number of aromatic nitrogens is 1. The molecule has 10 heteroatoms. The molecule has 2 heterocycles. The summed E-state index contributed by atoms with van der Waals surface area (Å²) >= 11 is 1.19. The molecule has 0 aliphatic carbocycles. The predicted molar refractivity (Wildman–Crippen MR) is 104 cm³/mol. The zero-order valence-electron chi connectivity index (χ0n) is 14.4. The van der Waals surface area contributed by atoms with Crippen molar-refractivity contribution in [3.63, 3.8) is 0 Å². The summed E-state index contributed by atoms with van der Waals surface area (Å²) in [5.74, 6) is -1.10. The molecule has 3 rings (SSSR count). The summed E-state index contributed by atoms with van der Waals surface area (Å²) in [5.41, 5.74) is 7.63. The van der Waals surface area contributed by atoms with Crippen molar-refractivity contribution < 1.29 is 18.0 Å². The van der Waals surface area contributed by atoms with Gasteiger partial charge in [-0.1, -0.05) is 0 Å². The van der Waals surface area contributed by atoms with E-state index in [1.807, 2.05) is 23.8 Å². The molecule has 0 saturated carbocycles. The number of pyridine rings is 1. The van der Waals surface area contributed by atoms with E-state index in [-0.39, 0.29) is 4.90 Å². The van der Waals surface area contributed by atoms with Gasteiger partial charge in [-0.25, -0.2) is 18.1 Å². The normalized spacial score (nSPS) is 11.3. The van der Waals surface area contributed by atoms with Crippen molar-refractivity contribution in [3.8, 4) is 0 Å². The molecule has 2 amide bonds. The van der Waals surface area contributed by atoms with Gasteiger partial charge >= 0.3 is 0 Å². The number of nitrogens with two attached hydrogens (primary N) is 1. The summed E-state index contributed by atoms with van der Waals surface area (Å²) in [7, 11) is -3.92. The minimum Gasteiger partial charge on any atom is -0.397 e. The number of amides is 2. The molecule has 3 aromatic rings. The zero-order chi connectivity index (χ0) is 19.8. The zero-order valence-corrected chi connectivity index (χ0v) is 16.1. The first-order valence-corrected chi connectivity index (χ1v) is 10.1. The number of benzene rings is 1. The second-order valence-corrected chi connectivity index (χ2v) is 8.47. The summed E-state index contributed by atoms with van der Waals surface area (Å²) in [6.07, 6.45) is 0. The highest BCUT2D eigenvalue weighted by Gasteiger charge is 2.19. The molecule has 0 fully saturated rings. The van der Waals surface area contributed by atoms with Gasteiger partial charge in [0.2, 0.25) is 5.91 Å². The third kappa shape index (κ3) is 3.91. The molecule has 4 N–H and O–H groups in total. The predicted octanol–water partition coefficient (Wildman–Crippen LogP) is 2.26. The van der Waals surface area contributed by atoms with Gasteiger partial charge in [0.15, 0.2) is 0 Å². The SMILES string of the molecule is CC(=O)NS(=O)(=O)c1ccc(NC(=O)c2sc3nc(C)ccc3c2N)cc1. The second kappa shape index (κ2) is 6.97. The smallest absolute Gasteiger partial charge is 0.267 e. The molecule has 1 aromatic carbocycles. The average molecular weight is 404 g/mol. The van der Waals surface area contributed by atoms with E-state index in [0.29, 0.717) is 26.5 Å². The molecule has 0 aliphatic heterocycles. The van der Waals surface area contributed by atoms with Crippen molar-refractivity contribution in [3.05, 3.63) is 47.0 Å². The Morgan fingerprint density at radius 3 is 2.41 bits per heavy atom. The van der Waals surface area contributed by atoms with Crippen molar-refractivity contribution in [2.75, 3.05) is 11.1 Å². The first-order valence-electron chi connectivity index (χ1n) is 7.78.